The molecule has 1 aliphatic rings. The number of hydrogen-bond acceptors (Lipinski definition) is 1. The molecule has 0 spiro atoms. The van der Waals surface area contributed by atoms with Crippen molar-refractivity contribution in [3.05, 3.63) is 0 Å². The fourth-order valence-corrected chi connectivity index (χ4v) is 2.05. The van der Waals surface area contributed by atoms with E-state index in [0.717, 1.165) is 0 Å². The summed E-state index contributed by atoms with van der Waals surface area (Å²) in [5, 5.41) is 0. The Bertz CT molecular complexity index is 106. The number of hydrogen-bond donors (Lipinski definition) is 0. The molecular formula is C10H21N. The van der Waals surface area contributed by atoms with Crippen molar-refractivity contribution >= 4 is 0 Å². The molecular weight excluding hydrogens is 134 g/mol. The highest BCUT2D eigenvalue weighted by Gasteiger charge is 2.29. The average Bonchev–Trinajstić information content (AvgIpc) is 2.07. The fourth-order valence-electron chi connectivity index (χ4n) is 2.05. The van der Waals surface area contributed by atoms with Crippen LogP contribution in [0.2, 0.25) is 0 Å². The Hall–Kier alpha value is -0.0400. The first-order valence-electron chi connectivity index (χ1n) is 4.91. The summed E-state index contributed by atoms with van der Waals surface area (Å²) in [5.74, 6) is 0. The second-order valence-electron chi connectivity index (χ2n) is 4.01. The van der Waals surface area contributed by atoms with Gasteiger partial charge in [0.2, 0.25) is 0 Å². The number of nitrogens with zero attached hydrogens (tertiary/aromatic N) is 1. The van der Waals surface area contributed by atoms with Gasteiger partial charge in [-0.2, -0.15) is 0 Å². The summed E-state index contributed by atoms with van der Waals surface area (Å²) < 4.78 is 0. The summed E-state index contributed by atoms with van der Waals surface area (Å²) in [6, 6.07) is 0. The van der Waals surface area contributed by atoms with Gasteiger partial charge in [0, 0.05) is 0 Å². The minimum Gasteiger partial charge on any atom is -0.306 e. The summed E-state index contributed by atoms with van der Waals surface area (Å²) >= 11 is 0. The van der Waals surface area contributed by atoms with Crippen LogP contribution in [-0.2, 0) is 0 Å². The molecule has 1 heterocycles. The van der Waals surface area contributed by atoms with Crippen LogP contribution in [0.5, 0.6) is 0 Å². The lowest BCUT2D eigenvalue weighted by Gasteiger charge is -2.39. The number of rotatable bonds is 2. The van der Waals surface area contributed by atoms with Gasteiger partial charge in [0.15, 0.2) is 0 Å². The lowest BCUT2D eigenvalue weighted by Crippen LogP contribution is -2.37. The van der Waals surface area contributed by atoms with Gasteiger partial charge in [0.05, 0.1) is 0 Å². The maximum atomic E-state index is 2.45. The van der Waals surface area contributed by atoms with E-state index < -0.39 is 0 Å². The van der Waals surface area contributed by atoms with E-state index in [1.54, 1.807) is 0 Å². The van der Waals surface area contributed by atoms with Gasteiger partial charge in [-0.1, -0.05) is 26.7 Å². The summed E-state index contributed by atoms with van der Waals surface area (Å²) in [6.07, 6.45) is 5.57. The highest BCUT2D eigenvalue weighted by Crippen LogP contribution is 2.37. The first-order valence-corrected chi connectivity index (χ1v) is 4.91. The van der Waals surface area contributed by atoms with Crippen LogP contribution in [0.15, 0.2) is 0 Å². The van der Waals surface area contributed by atoms with E-state index >= 15 is 0 Å². The van der Waals surface area contributed by atoms with Gasteiger partial charge < -0.3 is 4.90 Å². The van der Waals surface area contributed by atoms with E-state index in [4.69, 9.17) is 0 Å². The molecule has 0 aromatic carbocycles. The molecule has 1 saturated heterocycles. The third-order valence-corrected chi connectivity index (χ3v) is 3.55. The van der Waals surface area contributed by atoms with Gasteiger partial charge in [-0.25, -0.2) is 0 Å². The third kappa shape index (κ3) is 1.96. The van der Waals surface area contributed by atoms with E-state index in [0.29, 0.717) is 5.41 Å². The topological polar surface area (TPSA) is 3.24 Å². The molecule has 0 unspecified atom stereocenters. The van der Waals surface area contributed by atoms with E-state index in [-0.39, 0.29) is 0 Å². The lowest BCUT2D eigenvalue weighted by molar-refractivity contribution is 0.113. The van der Waals surface area contributed by atoms with E-state index in [9.17, 15) is 0 Å². The van der Waals surface area contributed by atoms with Crippen molar-refractivity contribution in [2.45, 2.75) is 39.5 Å². The number of likely N-dealkylation sites (tertiary alicyclic amines) is 1. The van der Waals surface area contributed by atoms with Crippen LogP contribution in [-0.4, -0.2) is 25.0 Å². The molecule has 0 aromatic rings. The highest BCUT2D eigenvalue weighted by molar-refractivity contribution is 4.82. The monoisotopic (exact) mass is 155 g/mol. The van der Waals surface area contributed by atoms with Gasteiger partial charge in [-0.05, 0) is 38.4 Å². The molecule has 0 atom stereocenters. The Kier molecular flexibility index (Phi) is 2.94. The van der Waals surface area contributed by atoms with Crippen LogP contribution in [0.25, 0.3) is 0 Å². The zero-order valence-corrected chi connectivity index (χ0v) is 8.19. The number of piperidine rings is 1. The smallest absolute Gasteiger partial charge is 0.00165 e. The van der Waals surface area contributed by atoms with E-state index in [1.807, 2.05) is 0 Å². The zero-order chi connectivity index (χ0) is 8.32. The van der Waals surface area contributed by atoms with Gasteiger partial charge in [-0.15, -0.1) is 0 Å². The average molecular weight is 155 g/mol. The summed E-state index contributed by atoms with van der Waals surface area (Å²) in [7, 11) is 2.23. The Balaban J connectivity index is 2.45. The second kappa shape index (κ2) is 3.57. The summed E-state index contributed by atoms with van der Waals surface area (Å²) in [6.45, 7) is 7.30. The first kappa shape index (κ1) is 9.05. The standard InChI is InChI=1S/C10H21N/c1-4-10(5-2)6-8-11(3)9-7-10/h4-9H2,1-3H3. The maximum Gasteiger partial charge on any atom is -0.00165 e. The summed E-state index contributed by atoms with van der Waals surface area (Å²) in [5.41, 5.74) is 0.701. The van der Waals surface area contributed by atoms with Gasteiger partial charge in [0.1, 0.15) is 0 Å². The van der Waals surface area contributed by atoms with Crippen LogP contribution in [0, 0.1) is 5.41 Å². The lowest BCUT2D eigenvalue weighted by atomic mass is 9.74. The van der Waals surface area contributed by atoms with Crippen molar-refractivity contribution in [3.63, 3.8) is 0 Å². The third-order valence-electron chi connectivity index (χ3n) is 3.55. The molecule has 11 heavy (non-hydrogen) atoms. The quantitative estimate of drug-likeness (QED) is 0.592. The molecule has 1 aliphatic heterocycles. The molecule has 1 fully saturated rings. The molecule has 0 amide bonds. The van der Waals surface area contributed by atoms with E-state index in [1.165, 1.54) is 38.8 Å². The van der Waals surface area contributed by atoms with Crippen molar-refractivity contribution < 1.29 is 0 Å². The van der Waals surface area contributed by atoms with Crippen molar-refractivity contribution in [1.82, 2.24) is 4.90 Å². The molecule has 0 aliphatic carbocycles. The molecule has 0 saturated carbocycles. The second-order valence-corrected chi connectivity index (χ2v) is 4.01. The summed E-state index contributed by atoms with van der Waals surface area (Å²) in [4.78, 5) is 2.45. The van der Waals surface area contributed by atoms with Crippen LogP contribution < -0.4 is 0 Å². The Morgan fingerprint density at radius 2 is 1.55 bits per heavy atom. The van der Waals surface area contributed by atoms with Crippen LogP contribution >= 0.6 is 0 Å². The van der Waals surface area contributed by atoms with E-state index in [2.05, 4.69) is 25.8 Å². The molecule has 1 rings (SSSR count). The molecule has 0 N–H and O–H groups in total. The molecule has 1 nitrogen and oxygen atoms in total. The van der Waals surface area contributed by atoms with Crippen molar-refractivity contribution in [3.8, 4) is 0 Å². The molecule has 0 radical (unpaired) electrons. The maximum absolute atomic E-state index is 2.45. The Labute approximate surface area is 70.8 Å². The van der Waals surface area contributed by atoms with Crippen LogP contribution in [0.3, 0.4) is 0 Å². The Morgan fingerprint density at radius 1 is 1.09 bits per heavy atom. The minimum atomic E-state index is 0.701. The molecule has 0 bridgehead atoms. The largest absolute Gasteiger partial charge is 0.306 e. The van der Waals surface area contributed by atoms with Gasteiger partial charge >= 0.3 is 0 Å². The predicted molar refractivity (Wildman–Crippen MR) is 49.7 cm³/mol. The van der Waals surface area contributed by atoms with Crippen molar-refractivity contribution in [1.29, 1.82) is 0 Å². The van der Waals surface area contributed by atoms with Gasteiger partial charge in [0.25, 0.3) is 0 Å². The first-order chi connectivity index (χ1) is 5.22. The van der Waals surface area contributed by atoms with Crippen molar-refractivity contribution in [2.24, 2.45) is 5.41 Å². The minimum absolute atomic E-state index is 0.701. The zero-order valence-electron chi connectivity index (χ0n) is 8.19. The van der Waals surface area contributed by atoms with Crippen LogP contribution in [0.4, 0.5) is 0 Å². The SMILES string of the molecule is CCC1(CC)CCN(C)CC1. The molecule has 66 valence electrons. The van der Waals surface area contributed by atoms with Crippen molar-refractivity contribution in [2.75, 3.05) is 20.1 Å². The van der Waals surface area contributed by atoms with Crippen LogP contribution in [0.1, 0.15) is 39.5 Å². The highest BCUT2D eigenvalue weighted by atomic mass is 15.1. The molecule has 1 heteroatoms. The van der Waals surface area contributed by atoms with Gasteiger partial charge in [-0.3, -0.25) is 0 Å². The Morgan fingerprint density at radius 3 is 1.91 bits per heavy atom. The predicted octanol–water partition coefficient (Wildman–Crippen LogP) is 2.52. The fraction of sp³-hybridized carbons (Fsp3) is 1.00. The normalized spacial score (nSPS) is 25.4. The molecule has 0 aromatic heterocycles.